The lowest BCUT2D eigenvalue weighted by atomic mass is 10.1. The summed E-state index contributed by atoms with van der Waals surface area (Å²) in [4.78, 5) is 12.3. The molecular formula is C18H18N2O4S. The smallest absolute Gasteiger partial charge is 0.250 e. The third-order valence-electron chi connectivity index (χ3n) is 3.87. The van der Waals surface area contributed by atoms with E-state index in [2.05, 4.69) is 5.32 Å². The van der Waals surface area contributed by atoms with Gasteiger partial charge in [0, 0.05) is 12.1 Å². The van der Waals surface area contributed by atoms with Crippen molar-refractivity contribution >= 4 is 22.0 Å². The number of fused-ring (bicyclic) bond motifs is 1. The molecule has 7 heteroatoms. The minimum atomic E-state index is -3.68. The SMILES string of the molecule is NS(=O)(=O)c1ccc(CCNC(=O)C2=Cc3ccccc3OC2)cc1. The average molecular weight is 358 g/mol. The Morgan fingerprint density at radius 2 is 1.84 bits per heavy atom. The summed E-state index contributed by atoms with van der Waals surface area (Å²) in [6.45, 7) is 0.679. The predicted molar refractivity (Wildman–Crippen MR) is 94.4 cm³/mol. The number of rotatable bonds is 5. The number of carbonyl (C=O) groups excluding carboxylic acids is 1. The number of hydrogen-bond donors (Lipinski definition) is 2. The molecule has 1 heterocycles. The monoisotopic (exact) mass is 358 g/mol. The van der Waals surface area contributed by atoms with Crippen LogP contribution in [0.4, 0.5) is 0 Å². The van der Waals surface area contributed by atoms with E-state index in [1.165, 1.54) is 12.1 Å². The molecule has 0 saturated carbocycles. The van der Waals surface area contributed by atoms with Crippen molar-refractivity contribution in [1.82, 2.24) is 5.32 Å². The number of para-hydroxylation sites is 1. The summed E-state index contributed by atoms with van der Waals surface area (Å²) in [5.74, 6) is 0.602. The molecule has 0 unspecified atom stereocenters. The fourth-order valence-corrected chi connectivity index (χ4v) is 3.04. The van der Waals surface area contributed by atoms with Crippen LogP contribution in [0.5, 0.6) is 5.75 Å². The first-order chi connectivity index (χ1) is 11.9. The Morgan fingerprint density at radius 3 is 2.56 bits per heavy atom. The van der Waals surface area contributed by atoms with Gasteiger partial charge in [0.15, 0.2) is 0 Å². The molecule has 130 valence electrons. The Hall–Kier alpha value is -2.64. The second-order valence-corrected chi connectivity index (χ2v) is 7.25. The van der Waals surface area contributed by atoms with Crippen molar-refractivity contribution in [3.63, 3.8) is 0 Å². The molecule has 3 rings (SSSR count). The van der Waals surface area contributed by atoms with Gasteiger partial charge in [-0.05, 0) is 36.3 Å². The molecule has 0 saturated heterocycles. The Labute approximate surface area is 146 Å². The minimum Gasteiger partial charge on any atom is -0.488 e. The van der Waals surface area contributed by atoms with Crippen LogP contribution >= 0.6 is 0 Å². The van der Waals surface area contributed by atoms with Crippen molar-refractivity contribution in [3.05, 3.63) is 65.2 Å². The van der Waals surface area contributed by atoms with E-state index in [0.717, 1.165) is 16.9 Å². The van der Waals surface area contributed by atoms with Crippen LogP contribution < -0.4 is 15.2 Å². The van der Waals surface area contributed by atoms with Gasteiger partial charge in [0.25, 0.3) is 5.91 Å². The van der Waals surface area contributed by atoms with E-state index >= 15 is 0 Å². The van der Waals surface area contributed by atoms with E-state index in [0.29, 0.717) is 18.5 Å². The highest BCUT2D eigenvalue weighted by Gasteiger charge is 2.16. The molecule has 2 aromatic rings. The molecule has 1 aliphatic heterocycles. The molecule has 0 fully saturated rings. The van der Waals surface area contributed by atoms with E-state index in [9.17, 15) is 13.2 Å². The minimum absolute atomic E-state index is 0.0726. The van der Waals surface area contributed by atoms with Gasteiger partial charge >= 0.3 is 0 Å². The zero-order chi connectivity index (χ0) is 17.9. The molecule has 0 atom stereocenters. The fraction of sp³-hybridized carbons (Fsp3) is 0.167. The summed E-state index contributed by atoms with van der Waals surface area (Å²) in [6, 6.07) is 13.8. The summed E-state index contributed by atoms with van der Waals surface area (Å²) < 4.78 is 28.0. The summed E-state index contributed by atoms with van der Waals surface area (Å²) in [6.07, 6.45) is 2.41. The Kier molecular flexibility index (Phi) is 4.87. The van der Waals surface area contributed by atoms with Crippen molar-refractivity contribution < 1.29 is 17.9 Å². The Morgan fingerprint density at radius 1 is 1.12 bits per heavy atom. The van der Waals surface area contributed by atoms with Crippen LogP contribution in [0.15, 0.2) is 59.0 Å². The van der Waals surface area contributed by atoms with E-state index < -0.39 is 10.0 Å². The molecule has 6 nitrogen and oxygen atoms in total. The maximum atomic E-state index is 12.2. The maximum Gasteiger partial charge on any atom is 0.250 e. The van der Waals surface area contributed by atoms with Crippen LogP contribution in [0, 0.1) is 0 Å². The Balaban J connectivity index is 1.56. The van der Waals surface area contributed by atoms with E-state index in [-0.39, 0.29) is 17.4 Å². The normalized spacial score (nSPS) is 13.4. The second kappa shape index (κ2) is 7.08. The topological polar surface area (TPSA) is 98.5 Å². The van der Waals surface area contributed by atoms with Gasteiger partial charge in [0.2, 0.25) is 10.0 Å². The summed E-state index contributed by atoms with van der Waals surface area (Å²) in [5, 5.41) is 7.91. The first-order valence-corrected chi connectivity index (χ1v) is 9.30. The molecule has 0 aliphatic carbocycles. The zero-order valence-electron chi connectivity index (χ0n) is 13.4. The summed E-state index contributed by atoms with van der Waals surface area (Å²) >= 11 is 0. The first kappa shape index (κ1) is 17.2. The number of benzene rings is 2. The van der Waals surface area contributed by atoms with Gasteiger partial charge < -0.3 is 10.1 Å². The number of hydrogen-bond acceptors (Lipinski definition) is 4. The number of primary sulfonamides is 1. The molecule has 0 spiro atoms. The highest BCUT2D eigenvalue weighted by Crippen LogP contribution is 2.25. The lowest BCUT2D eigenvalue weighted by molar-refractivity contribution is -0.117. The highest BCUT2D eigenvalue weighted by atomic mass is 32.2. The lowest BCUT2D eigenvalue weighted by Crippen LogP contribution is -2.30. The van der Waals surface area contributed by atoms with Crippen LogP contribution in [-0.2, 0) is 21.2 Å². The third-order valence-corrected chi connectivity index (χ3v) is 4.80. The first-order valence-electron chi connectivity index (χ1n) is 7.76. The number of carbonyl (C=O) groups is 1. The van der Waals surface area contributed by atoms with Crippen LogP contribution in [0.1, 0.15) is 11.1 Å². The molecule has 3 N–H and O–H groups in total. The number of ether oxygens (including phenoxy) is 1. The van der Waals surface area contributed by atoms with Gasteiger partial charge in [-0.15, -0.1) is 0 Å². The number of amides is 1. The number of nitrogens with one attached hydrogen (secondary N) is 1. The molecule has 0 bridgehead atoms. The molecule has 2 aromatic carbocycles. The van der Waals surface area contributed by atoms with Crippen molar-refractivity contribution in [2.45, 2.75) is 11.3 Å². The van der Waals surface area contributed by atoms with Crippen molar-refractivity contribution in [2.24, 2.45) is 5.14 Å². The predicted octanol–water partition coefficient (Wildman–Crippen LogP) is 1.47. The molecule has 0 radical (unpaired) electrons. The molecular weight excluding hydrogens is 340 g/mol. The molecule has 25 heavy (non-hydrogen) atoms. The van der Waals surface area contributed by atoms with Gasteiger partial charge in [-0.2, -0.15) is 0 Å². The van der Waals surface area contributed by atoms with Crippen LogP contribution in [0.3, 0.4) is 0 Å². The van der Waals surface area contributed by atoms with E-state index in [4.69, 9.17) is 9.88 Å². The van der Waals surface area contributed by atoms with E-state index in [1.807, 2.05) is 30.3 Å². The van der Waals surface area contributed by atoms with Gasteiger partial charge in [0.1, 0.15) is 12.4 Å². The summed E-state index contributed by atoms with van der Waals surface area (Å²) in [5.41, 5.74) is 2.37. The fourth-order valence-electron chi connectivity index (χ4n) is 2.53. The van der Waals surface area contributed by atoms with Crippen molar-refractivity contribution in [2.75, 3.05) is 13.2 Å². The van der Waals surface area contributed by atoms with Gasteiger partial charge in [-0.25, -0.2) is 13.6 Å². The van der Waals surface area contributed by atoms with Gasteiger partial charge in [0.05, 0.1) is 10.5 Å². The van der Waals surface area contributed by atoms with Crippen molar-refractivity contribution in [1.29, 1.82) is 0 Å². The standard InChI is InChI=1S/C18H18N2O4S/c19-25(22,23)16-7-5-13(6-8-16)9-10-20-18(21)15-11-14-3-1-2-4-17(14)24-12-15/h1-8,11H,9-10,12H2,(H,20,21)(H2,19,22,23). The number of sulfonamides is 1. The van der Waals surface area contributed by atoms with Gasteiger partial charge in [-0.3, -0.25) is 4.79 Å². The Bertz CT molecular complexity index is 918. The molecule has 1 amide bonds. The highest BCUT2D eigenvalue weighted by molar-refractivity contribution is 7.89. The van der Waals surface area contributed by atoms with Crippen LogP contribution in [0.2, 0.25) is 0 Å². The quantitative estimate of drug-likeness (QED) is 0.845. The summed E-state index contributed by atoms with van der Waals surface area (Å²) in [7, 11) is -3.68. The molecule has 1 aliphatic rings. The van der Waals surface area contributed by atoms with Crippen LogP contribution in [0.25, 0.3) is 6.08 Å². The number of nitrogens with two attached hydrogens (primary N) is 1. The van der Waals surface area contributed by atoms with E-state index in [1.54, 1.807) is 12.1 Å². The maximum absolute atomic E-state index is 12.2. The second-order valence-electron chi connectivity index (χ2n) is 5.69. The largest absolute Gasteiger partial charge is 0.488 e. The van der Waals surface area contributed by atoms with Crippen LogP contribution in [-0.4, -0.2) is 27.5 Å². The molecule has 0 aromatic heterocycles. The van der Waals surface area contributed by atoms with Crippen molar-refractivity contribution in [3.8, 4) is 5.75 Å². The third kappa shape index (κ3) is 4.26. The lowest BCUT2D eigenvalue weighted by Gasteiger charge is -2.17. The average Bonchev–Trinajstić information content (AvgIpc) is 2.61. The van der Waals surface area contributed by atoms with Gasteiger partial charge in [-0.1, -0.05) is 30.3 Å². The zero-order valence-corrected chi connectivity index (χ0v) is 14.3.